The number of fused-ring (bicyclic) bond motifs is 1. The summed E-state index contributed by atoms with van der Waals surface area (Å²) in [6.07, 6.45) is 7.57. The normalized spacial score (nSPS) is 19.2. The van der Waals surface area contributed by atoms with E-state index < -0.39 is 23.0 Å². The maximum absolute atomic E-state index is 11.7. The number of hydrogen-bond donors (Lipinski definition) is 2. The van der Waals surface area contributed by atoms with Crippen molar-refractivity contribution in [1.82, 2.24) is 19.0 Å². The van der Waals surface area contributed by atoms with E-state index >= 15 is 0 Å². The number of nitrogens with two attached hydrogens (primary N) is 1. The van der Waals surface area contributed by atoms with Crippen molar-refractivity contribution in [2.24, 2.45) is 5.73 Å². The van der Waals surface area contributed by atoms with Gasteiger partial charge in [0, 0.05) is 50.5 Å². The van der Waals surface area contributed by atoms with Crippen LogP contribution in [-0.4, -0.2) is 72.6 Å². The molecule has 2 aromatic rings. The van der Waals surface area contributed by atoms with Crippen LogP contribution in [0, 0.1) is 12.3 Å². The number of rotatable bonds is 3. The number of carbonyl (C=O) groups is 2. The molecule has 0 aliphatic carbocycles. The molecule has 2 aliphatic heterocycles. The number of aromatic nitrogens is 2. The number of benzene rings is 1. The van der Waals surface area contributed by atoms with Crippen molar-refractivity contribution in [3.63, 3.8) is 0 Å². The molecule has 1 aromatic heterocycles. The number of hydrogen-bond acceptors (Lipinski definition) is 5. The second-order valence-electron chi connectivity index (χ2n) is 7.35. The molecular formula is C21H25N5O4S. The van der Waals surface area contributed by atoms with Crippen LogP contribution < -0.4 is 5.73 Å². The van der Waals surface area contributed by atoms with Gasteiger partial charge in [0.25, 0.3) is 11.8 Å². The van der Waals surface area contributed by atoms with E-state index in [4.69, 9.17) is 17.3 Å². The molecule has 9 nitrogen and oxygen atoms in total. The molecule has 3 N–H and O–H groups in total. The van der Waals surface area contributed by atoms with Gasteiger partial charge in [-0.1, -0.05) is 12.0 Å². The van der Waals surface area contributed by atoms with E-state index in [1.54, 1.807) is 22.3 Å². The molecule has 2 aliphatic rings. The maximum Gasteiger partial charge on any atom is 0.269 e. The first-order valence-electron chi connectivity index (χ1n) is 9.72. The number of aliphatic hydroxyl groups excluding tert-OH is 1. The van der Waals surface area contributed by atoms with Crippen LogP contribution in [0.4, 0.5) is 0 Å². The zero-order valence-corrected chi connectivity index (χ0v) is 18.3. The van der Waals surface area contributed by atoms with Crippen molar-refractivity contribution in [2.75, 3.05) is 26.4 Å². The molecule has 2 amide bonds. The fraction of sp³-hybridized carbons (Fsp3) is 0.381. The van der Waals surface area contributed by atoms with Crippen LogP contribution in [-0.2, 0) is 28.7 Å². The Balaban J connectivity index is 0.000000287. The van der Waals surface area contributed by atoms with Gasteiger partial charge in [-0.15, -0.1) is 6.42 Å². The van der Waals surface area contributed by atoms with Crippen molar-refractivity contribution in [2.45, 2.75) is 25.5 Å². The second kappa shape index (κ2) is 9.43. The number of likely N-dealkylation sites (tertiary alicyclic amines) is 1. The first-order chi connectivity index (χ1) is 14.7. The zero-order valence-electron chi connectivity index (χ0n) is 17.4. The Morgan fingerprint density at radius 3 is 2.65 bits per heavy atom. The van der Waals surface area contributed by atoms with Gasteiger partial charge in [0.05, 0.1) is 22.4 Å². The predicted molar refractivity (Wildman–Crippen MR) is 116 cm³/mol. The first-order valence-corrected chi connectivity index (χ1v) is 11.2. The zero-order chi connectivity index (χ0) is 22.7. The summed E-state index contributed by atoms with van der Waals surface area (Å²) in [4.78, 5) is 23.9. The number of amides is 2. The summed E-state index contributed by atoms with van der Waals surface area (Å²) < 4.78 is 15.2. The van der Waals surface area contributed by atoms with Gasteiger partial charge >= 0.3 is 0 Å². The lowest BCUT2D eigenvalue weighted by molar-refractivity contribution is -0.133. The van der Waals surface area contributed by atoms with Gasteiger partial charge in [-0.3, -0.25) is 9.59 Å². The van der Waals surface area contributed by atoms with Crippen LogP contribution in [0.3, 0.4) is 0 Å². The highest BCUT2D eigenvalue weighted by atomic mass is 32.2. The predicted octanol–water partition coefficient (Wildman–Crippen LogP) is -0.186. The average Bonchev–Trinajstić information content (AvgIpc) is 3.29. The molecule has 2 atom stereocenters. The molecule has 31 heavy (non-hydrogen) atoms. The van der Waals surface area contributed by atoms with E-state index in [9.17, 15) is 13.8 Å². The van der Waals surface area contributed by atoms with Crippen molar-refractivity contribution < 1.29 is 18.9 Å². The Bertz CT molecular complexity index is 1060. The molecule has 2 unspecified atom stereocenters. The fourth-order valence-electron chi connectivity index (χ4n) is 3.56. The summed E-state index contributed by atoms with van der Waals surface area (Å²) in [7, 11) is 0.590. The van der Waals surface area contributed by atoms with E-state index in [1.165, 1.54) is 4.90 Å². The molecule has 0 saturated carbocycles. The number of nitrogens with zero attached hydrogens (tertiary/aromatic N) is 4. The Kier molecular flexibility index (Phi) is 6.90. The second-order valence-corrected chi connectivity index (χ2v) is 8.71. The van der Waals surface area contributed by atoms with E-state index in [0.29, 0.717) is 32.5 Å². The van der Waals surface area contributed by atoms with E-state index in [1.807, 2.05) is 24.3 Å². The lowest BCUT2D eigenvalue weighted by Crippen LogP contribution is -2.33. The van der Waals surface area contributed by atoms with Gasteiger partial charge in [-0.2, -0.15) is 5.10 Å². The highest BCUT2D eigenvalue weighted by Gasteiger charge is 2.29. The van der Waals surface area contributed by atoms with Crippen LogP contribution in [0.25, 0.3) is 5.69 Å². The molecule has 0 radical (unpaired) electrons. The first kappa shape index (κ1) is 22.7. The van der Waals surface area contributed by atoms with Crippen LogP contribution in [0.2, 0.25) is 0 Å². The lowest BCUT2D eigenvalue weighted by Gasteiger charge is -2.25. The number of primary amides is 1. The molecule has 0 spiro atoms. The van der Waals surface area contributed by atoms with Crippen molar-refractivity contribution in [3.8, 4) is 18.0 Å². The molecule has 1 saturated heterocycles. The molecule has 1 aromatic carbocycles. The molecule has 3 heterocycles. The standard InChI is InChI=1S/C16H16N4O2S.C5H9NO2/c1-3-11-5-4-6-12(9-11)20-14-7-8-19(23(2)22)10-13(14)15(18-20)16(17)21;1-6-3-2-4(7)5(6)8/h1,4-6,9H,7-8,10H2,2H3,(H2,17,21);4,7H,2-3H2,1H3. The third kappa shape index (κ3) is 4.85. The highest BCUT2D eigenvalue weighted by Crippen LogP contribution is 2.26. The molecular weight excluding hydrogens is 418 g/mol. The van der Waals surface area contributed by atoms with Crippen LogP contribution >= 0.6 is 0 Å². The Hall–Kier alpha value is -3.00. The minimum Gasteiger partial charge on any atom is -0.383 e. The van der Waals surface area contributed by atoms with Crippen LogP contribution in [0.5, 0.6) is 0 Å². The van der Waals surface area contributed by atoms with E-state index in [0.717, 1.165) is 22.5 Å². The van der Waals surface area contributed by atoms with Gasteiger partial charge in [0.1, 0.15) is 6.10 Å². The van der Waals surface area contributed by atoms with Gasteiger partial charge in [-0.05, 0) is 24.6 Å². The Morgan fingerprint density at radius 1 is 1.39 bits per heavy atom. The largest absolute Gasteiger partial charge is 0.383 e. The SMILES string of the molecule is C#Cc1cccc(-n2nc(C(N)=O)c3c2CCN(S(C)=O)C3)c1.CN1CCC(O)C1=O. The van der Waals surface area contributed by atoms with E-state index in [-0.39, 0.29) is 11.6 Å². The smallest absolute Gasteiger partial charge is 0.269 e. The minimum absolute atomic E-state index is 0.148. The lowest BCUT2D eigenvalue weighted by atomic mass is 10.1. The summed E-state index contributed by atoms with van der Waals surface area (Å²) in [6.45, 7) is 1.72. The molecule has 164 valence electrons. The summed E-state index contributed by atoms with van der Waals surface area (Å²) in [5.41, 5.74) is 8.86. The monoisotopic (exact) mass is 443 g/mol. The highest BCUT2D eigenvalue weighted by molar-refractivity contribution is 7.81. The quantitative estimate of drug-likeness (QED) is 0.637. The van der Waals surface area contributed by atoms with Gasteiger partial charge in [0.15, 0.2) is 5.69 Å². The number of terminal acetylenes is 1. The number of likely N-dealkylation sites (N-methyl/N-ethyl adjacent to an activating group) is 1. The van der Waals surface area contributed by atoms with Crippen molar-refractivity contribution in [1.29, 1.82) is 0 Å². The summed E-state index contributed by atoms with van der Waals surface area (Å²) >= 11 is 0. The van der Waals surface area contributed by atoms with E-state index in [2.05, 4.69) is 11.0 Å². The van der Waals surface area contributed by atoms with Crippen molar-refractivity contribution >= 4 is 22.8 Å². The van der Waals surface area contributed by atoms with Gasteiger partial charge in [-0.25, -0.2) is 13.2 Å². The third-order valence-corrected chi connectivity index (χ3v) is 6.31. The molecule has 1 fully saturated rings. The van der Waals surface area contributed by atoms with Crippen LogP contribution in [0.15, 0.2) is 24.3 Å². The average molecular weight is 444 g/mol. The van der Waals surface area contributed by atoms with Crippen LogP contribution in [0.1, 0.15) is 33.7 Å². The number of aliphatic hydroxyl groups is 1. The third-order valence-electron chi connectivity index (χ3n) is 5.28. The fourth-order valence-corrected chi connectivity index (χ4v) is 4.22. The minimum atomic E-state index is -1.10. The summed E-state index contributed by atoms with van der Waals surface area (Å²) in [5.74, 6) is 1.85. The summed E-state index contributed by atoms with van der Waals surface area (Å²) in [5, 5.41) is 13.2. The topological polar surface area (TPSA) is 122 Å². The molecule has 4 rings (SSSR count). The number of carbonyl (C=O) groups excluding carboxylic acids is 2. The van der Waals surface area contributed by atoms with Crippen molar-refractivity contribution in [3.05, 3.63) is 46.8 Å². The molecule has 10 heteroatoms. The van der Waals surface area contributed by atoms with Gasteiger partial charge < -0.3 is 15.7 Å². The van der Waals surface area contributed by atoms with Gasteiger partial charge in [0.2, 0.25) is 0 Å². The summed E-state index contributed by atoms with van der Waals surface area (Å²) in [6, 6.07) is 7.39. The Labute approximate surface area is 183 Å². The maximum atomic E-state index is 11.7. The molecule has 0 bridgehead atoms. The Morgan fingerprint density at radius 2 is 2.13 bits per heavy atom.